The molecule has 1 heterocycles. The fraction of sp³-hybridized carbons (Fsp3) is 0.571. The molecule has 56 valence electrons. The molecule has 1 aromatic rings. The molecule has 0 aliphatic carbocycles. The summed E-state index contributed by atoms with van der Waals surface area (Å²) >= 11 is 3.37. The van der Waals surface area contributed by atoms with Crippen LogP contribution in [0.5, 0.6) is 0 Å². The van der Waals surface area contributed by atoms with Crippen LogP contribution in [0.2, 0.25) is 0 Å². The van der Waals surface area contributed by atoms with Crippen molar-refractivity contribution in [1.82, 2.24) is 9.78 Å². The van der Waals surface area contributed by atoms with E-state index < -0.39 is 0 Å². The molecule has 2 nitrogen and oxygen atoms in total. The van der Waals surface area contributed by atoms with Crippen molar-refractivity contribution in [2.75, 3.05) is 5.33 Å². The van der Waals surface area contributed by atoms with Crippen molar-refractivity contribution in [3.05, 3.63) is 18.0 Å². The predicted octanol–water partition coefficient (Wildman–Crippen LogP) is 1.98. The molecule has 3 heteroatoms. The van der Waals surface area contributed by atoms with Crippen LogP contribution >= 0.6 is 15.9 Å². The van der Waals surface area contributed by atoms with E-state index in [2.05, 4.69) is 21.0 Å². The van der Waals surface area contributed by atoms with Crippen LogP contribution in [-0.2, 0) is 6.54 Å². The Morgan fingerprint density at radius 2 is 2.50 bits per heavy atom. The van der Waals surface area contributed by atoms with Gasteiger partial charge in [0.25, 0.3) is 0 Å². The first-order chi connectivity index (χ1) is 4.83. The van der Waals surface area contributed by atoms with E-state index in [0.717, 1.165) is 24.0 Å². The summed E-state index contributed by atoms with van der Waals surface area (Å²) < 4.78 is 1.97. The molecule has 0 saturated heterocycles. The summed E-state index contributed by atoms with van der Waals surface area (Å²) in [6, 6.07) is 2.02. The van der Waals surface area contributed by atoms with Gasteiger partial charge in [-0.3, -0.25) is 4.68 Å². The van der Waals surface area contributed by atoms with Gasteiger partial charge < -0.3 is 0 Å². The molecule has 0 aromatic carbocycles. The van der Waals surface area contributed by atoms with E-state index in [1.54, 1.807) is 0 Å². The fourth-order valence-electron chi connectivity index (χ4n) is 0.809. The van der Waals surface area contributed by atoms with Crippen LogP contribution in [0.3, 0.4) is 0 Å². The van der Waals surface area contributed by atoms with Gasteiger partial charge in [0.1, 0.15) is 0 Å². The SMILES string of the molecule is Cc1ccn(CCCBr)n1. The van der Waals surface area contributed by atoms with E-state index in [9.17, 15) is 0 Å². The van der Waals surface area contributed by atoms with E-state index >= 15 is 0 Å². The Morgan fingerprint density at radius 1 is 1.70 bits per heavy atom. The number of hydrogen-bond donors (Lipinski definition) is 0. The van der Waals surface area contributed by atoms with Crippen LogP contribution in [0.1, 0.15) is 12.1 Å². The lowest BCUT2D eigenvalue weighted by Crippen LogP contribution is -1.98. The van der Waals surface area contributed by atoms with Gasteiger partial charge in [0.2, 0.25) is 0 Å². The smallest absolute Gasteiger partial charge is 0.0593 e. The highest BCUT2D eigenvalue weighted by atomic mass is 79.9. The zero-order valence-corrected chi connectivity index (χ0v) is 7.63. The van der Waals surface area contributed by atoms with Gasteiger partial charge in [-0.25, -0.2) is 0 Å². The maximum absolute atomic E-state index is 4.24. The molecular formula is C7H11BrN2. The first kappa shape index (κ1) is 7.79. The molecule has 10 heavy (non-hydrogen) atoms. The summed E-state index contributed by atoms with van der Waals surface area (Å²) in [5.41, 5.74) is 1.09. The molecule has 0 fully saturated rings. The van der Waals surface area contributed by atoms with Crippen LogP contribution in [0, 0.1) is 6.92 Å². The lowest BCUT2D eigenvalue weighted by molar-refractivity contribution is 0.603. The Balaban J connectivity index is 2.42. The van der Waals surface area contributed by atoms with Gasteiger partial charge in [-0.1, -0.05) is 15.9 Å². The van der Waals surface area contributed by atoms with Gasteiger partial charge >= 0.3 is 0 Å². The topological polar surface area (TPSA) is 17.8 Å². The minimum absolute atomic E-state index is 1.01. The van der Waals surface area contributed by atoms with E-state index in [0.29, 0.717) is 0 Å². The van der Waals surface area contributed by atoms with Crippen molar-refractivity contribution < 1.29 is 0 Å². The summed E-state index contributed by atoms with van der Waals surface area (Å²) in [6.45, 7) is 3.02. The lowest BCUT2D eigenvalue weighted by atomic mass is 10.5. The zero-order valence-electron chi connectivity index (χ0n) is 6.05. The minimum atomic E-state index is 1.01. The van der Waals surface area contributed by atoms with Crippen LogP contribution in [-0.4, -0.2) is 15.1 Å². The Labute approximate surface area is 69.4 Å². The summed E-state index contributed by atoms with van der Waals surface area (Å²) in [4.78, 5) is 0. The average Bonchev–Trinajstić information content (AvgIpc) is 2.31. The molecular weight excluding hydrogens is 192 g/mol. The van der Waals surface area contributed by atoms with Crippen molar-refractivity contribution in [2.45, 2.75) is 19.9 Å². The van der Waals surface area contributed by atoms with Gasteiger partial charge in [-0.15, -0.1) is 0 Å². The first-order valence-electron chi connectivity index (χ1n) is 3.39. The van der Waals surface area contributed by atoms with Gasteiger partial charge in [-0.2, -0.15) is 5.10 Å². The maximum Gasteiger partial charge on any atom is 0.0593 e. The largest absolute Gasteiger partial charge is 0.272 e. The molecule has 0 unspecified atom stereocenters. The molecule has 0 amide bonds. The van der Waals surface area contributed by atoms with Crippen molar-refractivity contribution in [3.63, 3.8) is 0 Å². The summed E-state index contributed by atoms with van der Waals surface area (Å²) in [5, 5.41) is 5.29. The molecule has 1 rings (SSSR count). The molecule has 0 saturated carbocycles. The van der Waals surface area contributed by atoms with Crippen LogP contribution in [0.25, 0.3) is 0 Å². The fourth-order valence-corrected chi connectivity index (χ4v) is 1.06. The molecule has 0 aliphatic rings. The molecule has 0 aliphatic heterocycles. The van der Waals surface area contributed by atoms with Gasteiger partial charge in [0.05, 0.1) is 5.69 Å². The Hall–Kier alpha value is -0.310. The highest BCUT2D eigenvalue weighted by molar-refractivity contribution is 9.09. The van der Waals surface area contributed by atoms with Crippen molar-refractivity contribution in [1.29, 1.82) is 0 Å². The highest BCUT2D eigenvalue weighted by Gasteiger charge is 1.91. The quantitative estimate of drug-likeness (QED) is 0.686. The molecule has 0 radical (unpaired) electrons. The third-order valence-electron chi connectivity index (χ3n) is 1.29. The van der Waals surface area contributed by atoms with Crippen LogP contribution < -0.4 is 0 Å². The van der Waals surface area contributed by atoms with E-state index in [-0.39, 0.29) is 0 Å². The molecule has 0 atom stereocenters. The van der Waals surface area contributed by atoms with E-state index in [1.807, 2.05) is 23.9 Å². The highest BCUT2D eigenvalue weighted by Crippen LogP contribution is 1.95. The number of aryl methyl sites for hydroxylation is 2. The van der Waals surface area contributed by atoms with Crippen LogP contribution in [0.4, 0.5) is 0 Å². The average molecular weight is 203 g/mol. The second kappa shape index (κ2) is 3.76. The monoisotopic (exact) mass is 202 g/mol. The Kier molecular flexibility index (Phi) is 2.93. The van der Waals surface area contributed by atoms with Crippen molar-refractivity contribution >= 4 is 15.9 Å². The Bertz CT molecular complexity index is 195. The zero-order chi connectivity index (χ0) is 7.40. The standard InChI is InChI=1S/C7H11BrN2/c1-7-3-6-10(9-7)5-2-4-8/h3,6H,2,4-5H2,1H3. The first-order valence-corrected chi connectivity index (χ1v) is 4.51. The maximum atomic E-state index is 4.24. The number of hydrogen-bond acceptors (Lipinski definition) is 1. The number of nitrogens with zero attached hydrogens (tertiary/aromatic N) is 2. The van der Waals surface area contributed by atoms with Gasteiger partial charge in [-0.05, 0) is 19.4 Å². The molecule has 0 spiro atoms. The Morgan fingerprint density at radius 3 is 3.00 bits per heavy atom. The van der Waals surface area contributed by atoms with Crippen molar-refractivity contribution in [2.24, 2.45) is 0 Å². The summed E-state index contributed by atoms with van der Waals surface area (Å²) in [7, 11) is 0. The molecule has 0 N–H and O–H groups in total. The number of halogens is 1. The van der Waals surface area contributed by atoms with E-state index in [1.165, 1.54) is 0 Å². The van der Waals surface area contributed by atoms with Crippen molar-refractivity contribution in [3.8, 4) is 0 Å². The predicted molar refractivity (Wildman–Crippen MR) is 45.4 cm³/mol. The van der Waals surface area contributed by atoms with Gasteiger partial charge in [0, 0.05) is 18.1 Å². The van der Waals surface area contributed by atoms with Gasteiger partial charge in [0.15, 0.2) is 0 Å². The second-order valence-corrected chi connectivity index (χ2v) is 3.06. The molecule has 1 aromatic heterocycles. The summed E-state index contributed by atoms with van der Waals surface area (Å²) in [5.74, 6) is 0. The number of aromatic nitrogens is 2. The second-order valence-electron chi connectivity index (χ2n) is 2.26. The third kappa shape index (κ3) is 2.14. The minimum Gasteiger partial charge on any atom is -0.272 e. The number of rotatable bonds is 3. The number of alkyl halides is 1. The molecule has 0 bridgehead atoms. The van der Waals surface area contributed by atoms with Crippen LogP contribution in [0.15, 0.2) is 12.3 Å². The third-order valence-corrected chi connectivity index (χ3v) is 1.86. The lowest BCUT2D eigenvalue weighted by Gasteiger charge is -1.96. The normalized spacial score (nSPS) is 10.2. The van der Waals surface area contributed by atoms with E-state index in [4.69, 9.17) is 0 Å². The summed E-state index contributed by atoms with van der Waals surface area (Å²) in [6.07, 6.45) is 3.15.